The Balaban J connectivity index is 2.08. The number of sulfonamides is 1. The molecular formula is C31H39N3O5S. The minimum Gasteiger partial charge on any atom is -0.497 e. The molecule has 0 saturated carbocycles. The molecular weight excluding hydrogens is 526 g/mol. The SMILES string of the molecule is COc1cccc(N(CC(=O)N(Cc2cccc(C)c2)[C@H](Cc2ccccc2)C(=O)NC(C)(C)C)S(C)(=O)=O)c1. The topological polar surface area (TPSA) is 96.0 Å². The number of carbonyl (C=O) groups is 2. The zero-order valence-electron chi connectivity index (χ0n) is 24.0. The molecule has 3 rings (SSSR count). The molecule has 2 amide bonds. The van der Waals surface area contributed by atoms with Crippen LogP contribution in [0.3, 0.4) is 0 Å². The number of amides is 2. The van der Waals surface area contributed by atoms with E-state index in [1.165, 1.54) is 12.0 Å². The first-order chi connectivity index (χ1) is 18.8. The Kier molecular flexibility index (Phi) is 9.98. The lowest BCUT2D eigenvalue weighted by Crippen LogP contribution is -2.56. The number of hydrogen-bond donors (Lipinski definition) is 1. The van der Waals surface area contributed by atoms with Crippen molar-refractivity contribution in [3.8, 4) is 5.75 Å². The molecule has 0 saturated heterocycles. The van der Waals surface area contributed by atoms with Gasteiger partial charge in [-0.25, -0.2) is 8.42 Å². The Labute approximate surface area is 238 Å². The first-order valence-electron chi connectivity index (χ1n) is 13.1. The van der Waals surface area contributed by atoms with E-state index in [0.29, 0.717) is 11.4 Å². The van der Waals surface area contributed by atoms with Gasteiger partial charge in [0.15, 0.2) is 0 Å². The quantitative estimate of drug-likeness (QED) is 0.374. The summed E-state index contributed by atoms with van der Waals surface area (Å²) in [5.74, 6) is -0.355. The second-order valence-electron chi connectivity index (χ2n) is 10.9. The highest BCUT2D eigenvalue weighted by atomic mass is 32.2. The molecule has 0 aliphatic rings. The van der Waals surface area contributed by atoms with E-state index in [2.05, 4.69) is 5.32 Å². The molecule has 0 fully saturated rings. The van der Waals surface area contributed by atoms with Crippen LogP contribution in [0, 0.1) is 6.92 Å². The molecule has 0 bridgehead atoms. The van der Waals surface area contributed by atoms with Gasteiger partial charge in [-0.2, -0.15) is 0 Å². The van der Waals surface area contributed by atoms with Gasteiger partial charge in [0.2, 0.25) is 21.8 Å². The van der Waals surface area contributed by atoms with Gasteiger partial charge < -0.3 is 15.0 Å². The lowest BCUT2D eigenvalue weighted by Gasteiger charge is -2.35. The molecule has 3 aromatic carbocycles. The summed E-state index contributed by atoms with van der Waals surface area (Å²) in [6.45, 7) is 7.25. The first kappa shape index (κ1) is 30.7. The summed E-state index contributed by atoms with van der Waals surface area (Å²) in [5.41, 5.74) is 2.49. The number of methoxy groups -OCH3 is 1. The molecule has 214 valence electrons. The largest absolute Gasteiger partial charge is 0.497 e. The molecule has 0 unspecified atom stereocenters. The predicted molar refractivity (Wildman–Crippen MR) is 159 cm³/mol. The van der Waals surface area contributed by atoms with Gasteiger partial charge in [-0.15, -0.1) is 0 Å². The highest BCUT2D eigenvalue weighted by Gasteiger charge is 2.34. The Morgan fingerprint density at radius 2 is 1.57 bits per heavy atom. The van der Waals surface area contributed by atoms with E-state index in [1.807, 2.05) is 82.3 Å². The van der Waals surface area contributed by atoms with Crippen molar-refractivity contribution in [1.29, 1.82) is 0 Å². The number of nitrogens with zero attached hydrogens (tertiary/aromatic N) is 2. The van der Waals surface area contributed by atoms with Crippen LogP contribution in [0.5, 0.6) is 5.75 Å². The van der Waals surface area contributed by atoms with Gasteiger partial charge in [0, 0.05) is 24.6 Å². The van der Waals surface area contributed by atoms with Gasteiger partial charge in [0.05, 0.1) is 19.1 Å². The summed E-state index contributed by atoms with van der Waals surface area (Å²) in [4.78, 5) is 29.4. The van der Waals surface area contributed by atoms with Crippen LogP contribution in [0.4, 0.5) is 5.69 Å². The van der Waals surface area contributed by atoms with E-state index in [9.17, 15) is 18.0 Å². The van der Waals surface area contributed by atoms with E-state index in [0.717, 1.165) is 27.3 Å². The van der Waals surface area contributed by atoms with Gasteiger partial charge in [-0.05, 0) is 51.0 Å². The summed E-state index contributed by atoms with van der Waals surface area (Å²) >= 11 is 0. The van der Waals surface area contributed by atoms with Crippen molar-refractivity contribution < 1.29 is 22.7 Å². The standard InChI is InChI=1S/C31H39N3O5S/c1-23-12-10-15-25(18-23)21-33(28(30(36)32-31(2,3)4)19-24-13-8-7-9-14-24)29(35)22-34(40(6,37)38)26-16-11-17-27(20-26)39-5/h7-18,20,28H,19,21-22H2,1-6H3,(H,32,36)/t28-/m1/s1. The number of ether oxygens (including phenoxy) is 1. The maximum Gasteiger partial charge on any atom is 0.244 e. The fraction of sp³-hybridized carbons (Fsp3) is 0.355. The molecule has 1 N–H and O–H groups in total. The first-order valence-corrected chi connectivity index (χ1v) is 14.9. The fourth-order valence-electron chi connectivity index (χ4n) is 4.39. The van der Waals surface area contributed by atoms with E-state index < -0.39 is 34.1 Å². The molecule has 0 spiro atoms. The smallest absolute Gasteiger partial charge is 0.244 e. The number of carbonyl (C=O) groups excluding carboxylic acids is 2. The fourth-order valence-corrected chi connectivity index (χ4v) is 5.23. The number of aryl methyl sites for hydroxylation is 1. The second-order valence-corrected chi connectivity index (χ2v) is 12.8. The zero-order chi connectivity index (χ0) is 29.5. The molecule has 1 atom stereocenters. The molecule has 40 heavy (non-hydrogen) atoms. The van der Waals surface area contributed by atoms with Gasteiger partial charge >= 0.3 is 0 Å². The molecule has 3 aromatic rings. The van der Waals surface area contributed by atoms with Crippen molar-refractivity contribution in [3.63, 3.8) is 0 Å². The van der Waals surface area contributed by atoms with Crippen LogP contribution in [0.15, 0.2) is 78.9 Å². The van der Waals surface area contributed by atoms with E-state index in [-0.39, 0.29) is 18.9 Å². The Morgan fingerprint density at radius 3 is 2.17 bits per heavy atom. The van der Waals surface area contributed by atoms with Crippen molar-refractivity contribution in [2.45, 2.75) is 52.2 Å². The molecule has 8 nitrogen and oxygen atoms in total. The van der Waals surface area contributed by atoms with Gasteiger partial charge in [0.25, 0.3) is 0 Å². The zero-order valence-corrected chi connectivity index (χ0v) is 24.9. The minimum absolute atomic E-state index is 0.130. The van der Waals surface area contributed by atoms with Crippen LogP contribution in [0.2, 0.25) is 0 Å². The molecule has 0 radical (unpaired) electrons. The lowest BCUT2D eigenvalue weighted by molar-refractivity contribution is -0.140. The van der Waals surface area contributed by atoms with E-state index in [4.69, 9.17) is 4.74 Å². The summed E-state index contributed by atoms with van der Waals surface area (Å²) < 4.78 is 32.1. The van der Waals surface area contributed by atoms with Gasteiger partial charge in [-0.1, -0.05) is 66.2 Å². The lowest BCUT2D eigenvalue weighted by atomic mass is 10.0. The van der Waals surface area contributed by atoms with Crippen LogP contribution in [-0.4, -0.2) is 56.6 Å². The van der Waals surface area contributed by atoms with Crippen LogP contribution < -0.4 is 14.4 Å². The number of rotatable bonds is 11. The number of benzene rings is 3. The molecule has 0 heterocycles. The third-order valence-corrected chi connectivity index (χ3v) is 7.37. The van der Waals surface area contributed by atoms with Crippen LogP contribution in [0.25, 0.3) is 0 Å². The summed E-state index contributed by atoms with van der Waals surface area (Å²) in [6, 6.07) is 22.8. The number of nitrogens with one attached hydrogen (secondary N) is 1. The van der Waals surface area contributed by atoms with E-state index in [1.54, 1.807) is 24.3 Å². The van der Waals surface area contributed by atoms with Crippen molar-refractivity contribution >= 4 is 27.5 Å². The van der Waals surface area contributed by atoms with Crippen molar-refractivity contribution in [2.24, 2.45) is 0 Å². The maximum absolute atomic E-state index is 14.1. The molecule has 0 aromatic heterocycles. The van der Waals surface area contributed by atoms with Crippen LogP contribution in [0.1, 0.15) is 37.5 Å². The Morgan fingerprint density at radius 1 is 0.925 bits per heavy atom. The molecule has 0 aliphatic carbocycles. The van der Waals surface area contributed by atoms with Gasteiger partial charge in [-0.3, -0.25) is 13.9 Å². The molecule has 0 aliphatic heterocycles. The second kappa shape index (κ2) is 13.0. The summed E-state index contributed by atoms with van der Waals surface area (Å²) in [6.07, 6.45) is 1.32. The minimum atomic E-state index is -3.86. The van der Waals surface area contributed by atoms with Gasteiger partial charge in [0.1, 0.15) is 18.3 Å². The van der Waals surface area contributed by atoms with Crippen LogP contribution >= 0.6 is 0 Å². The van der Waals surface area contributed by atoms with Crippen molar-refractivity contribution in [3.05, 3.63) is 95.6 Å². The average Bonchev–Trinajstić information content (AvgIpc) is 2.88. The third-order valence-electron chi connectivity index (χ3n) is 6.23. The number of hydrogen-bond acceptors (Lipinski definition) is 5. The molecule has 9 heteroatoms. The highest BCUT2D eigenvalue weighted by Crippen LogP contribution is 2.24. The number of anilines is 1. The Hall–Kier alpha value is -3.85. The van der Waals surface area contributed by atoms with Crippen molar-refractivity contribution in [2.75, 3.05) is 24.2 Å². The monoisotopic (exact) mass is 565 g/mol. The van der Waals surface area contributed by atoms with Crippen LogP contribution in [-0.2, 0) is 32.6 Å². The Bertz CT molecular complexity index is 1420. The third kappa shape index (κ3) is 8.84. The normalized spacial score (nSPS) is 12.3. The summed E-state index contributed by atoms with van der Waals surface area (Å²) in [5, 5.41) is 3.02. The highest BCUT2D eigenvalue weighted by molar-refractivity contribution is 7.92. The van der Waals surface area contributed by atoms with Crippen molar-refractivity contribution in [1.82, 2.24) is 10.2 Å². The predicted octanol–water partition coefficient (Wildman–Crippen LogP) is 4.32. The average molecular weight is 566 g/mol. The summed E-state index contributed by atoms with van der Waals surface area (Å²) in [7, 11) is -2.37. The maximum atomic E-state index is 14.1. The van der Waals surface area contributed by atoms with E-state index >= 15 is 0 Å².